The van der Waals surface area contributed by atoms with E-state index in [0.717, 1.165) is 40.2 Å². The molecule has 0 bridgehead atoms. The number of Topliss-reactive ketones (excluding diaryl/α,β-unsaturated/α-hetero) is 1. The van der Waals surface area contributed by atoms with Crippen molar-refractivity contribution in [3.8, 4) is 0 Å². The molecule has 0 fully saturated rings. The van der Waals surface area contributed by atoms with Gasteiger partial charge in [-0.3, -0.25) is 9.59 Å². The number of carbonyl (C=O) groups excluding carboxylic acids is 2. The monoisotopic (exact) mass is 404 g/mol. The van der Waals surface area contributed by atoms with Crippen LogP contribution in [0.3, 0.4) is 0 Å². The SMILES string of the molecule is COC(=O)CN1c2ccccc2NC2=C(C(=O)CC(C)(C)C2)[C@H]1c1ccc(C)cc1. The molecule has 1 N–H and O–H groups in total. The Morgan fingerprint density at radius 3 is 2.53 bits per heavy atom. The van der Waals surface area contributed by atoms with Crippen LogP contribution in [0.25, 0.3) is 0 Å². The second-order valence-electron chi connectivity index (χ2n) is 8.99. The average Bonchev–Trinajstić information content (AvgIpc) is 2.82. The largest absolute Gasteiger partial charge is 0.468 e. The topological polar surface area (TPSA) is 58.6 Å². The van der Waals surface area contributed by atoms with Crippen molar-refractivity contribution in [1.82, 2.24) is 0 Å². The van der Waals surface area contributed by atoms with Crippen molar-refractivity contribution in [2.75, 3.05) is 23.9 Å². The van der Waals surface area contributed by atoms with E-state index in [-0.39, 0.29) is 29.8 Å². The van der Waals surface area contributed by atoms with Gasteiger partial charge in [0.05, 0.1) is 24.5 Å². The molecule has 1 aliphatic carbocycles. The highest BCUT2D eigenvalue weighted by Crippen LogP contribution is 2.48. The summed E-state index contributed by atoms with van der Waals surface area (Å²) in [6.45, 7) is 6.35. The Labute approximate surface area is 177 Å². The van der Waals surface area contributed by atoms with Gasteiger partial charge >= 0.3 is 5.97 Å². The van der Waals surface area contributed by atoms with Gasteiger partial charge in [-0.1, -0.05) is 55.8 Å². The van der Waals surface area contributed by atoms with E-state index < -0.39 is 0 Å². The molecule has 1 aliphatic heterocycles. The van der Waals surface area contributed by atoms with E-state index in [1.807, 2.05) is 48.2 Å². The number of benzene rings is 2. The molecule has 0 spiro atoms. The molecular formula is C25H28N2O3. The molecule has 5 heteroatoms. The molecule has 0 radical (unpaired) electrons. The second kappa shape index (κ2) is 7.63. The van der Waals surface area contributed by atoms with E-state index in [1.165, 1.54) is 7.11 Å². The Balaban J connectivity index is 1.96. The first kappa shape index (κ1) is 20.2. The lowest BCUT2D eigenvalue weighted by molar-refractivity contribution is -0.139. The van der Waals surface area contributed by atoms with Crippen LogP contribution in [0.2, 0.25) is 0 Å². The van der Waals surface area contributed by atoms with Gasteiger partial charge in [-0.15, -0.1) is 0 Å². The normalized spacial score (nSPS) is 20.1. The van der Waals surface area contributed by atoms with Crippen molar-refractivity contribution in [2.45, 2.75) is 39.7 Å². The summed E-state index contributed by atoms with van der Waals surface area (Å²) in [4.78, 5) is 27.8. The molecule has 156 valence electrons. The lowest BCUT2D eigenvalue weighted by atomic mass is 9.73. The van der Waals surface area contributed by atoms with Crippen LogP contribution in [0, 0.1) is 12.3 Å². The number of anilines is 2. The standard InChI is InChI=1S/C25H28N2O3/c1-16-9-11-17(12-10-16)24-23-19(13-25(2,3)14-21(23)28)26-18-7-5-6-8-20(18)27(24)15-22(29)30-4/h5-12,24,26H,13-15H2,1-4H3/t24-/m1/s1. The predicted octanol–water partition coefficient (Wildman–Crippen LogP) is 4.78. The zero-order valence-corrected chi connectivity index (χ0v) is 18.0. The molecular weight excluding hydrogens is 376 g/mol. The number of ether oxygens (including phenoxy) is 1. The third kappa shape index (κ3) is 3.72. The predicted molar refractivity (Wildman–Crippen MR) is 118 cm³/mol. The van der Waals surface area contributed by atoms with Crippen molar-refractivity contribution in [3.05, 3.63) is 70.9 Å². The maximum atomic E-state index is 13.5. The summed E-state index contributed by atoms with van der Waals surface area (Å²) in [6.07, 6.45) is 1.26. The Morgan fingerprint density at radius 2 is 1.83 bits per heavy atom. The summed E-state index contributed by atoms with van der Waals surface area (Å²) in [5.41, 5.74) is 5.49. The highest BCUT2D eigenvalue weighted by molar-refractivity contribution is 6.01. The number of methoxy groups -OCH3 is 1. The molecule has 2 aliphatic rings. The molecule has 4 rings (SSSR count). The van der Waals surface area contributed by atoms with Gasteiger partial charge in [0.2, 0.25) is 0 Å². The van der Waals surface area contributed by atoms with Crippen LogP contribution in [0.4, 0.5) is 11.4 Å². The molecule has 0 unspecified atom stereocenters. The number of nitrogens with zero attached hydrogens (tertiary/aromatic N) is 1. The van der Waals surface area contributed by atoms with Gasteiger partial charge in [-0.25, -0.2) is 0 Å². The first-order valence-electron chi connectivity index (χ1n) is 10.3. The zero-order chi connectivity index (χ0) is 21.5. The number of ketones is 1. The Hall–Kier alpha value is -3.08. The van der Waals surface area contributed by atoms with Crippen LogP contribution in [0.15, 0.2) is 59.8 Å². The van der Waals surface area contributed by atoms with Gasteiger partial charge in [0.1, 0.15) is 6.54 Å². The second-order valence-corrected chi connectivity index (χ2v) is 8.99. The van der Waals surface area contributed by atoms with Crippen molar-refractivity contribution in [1.29, 1.82) is 0 Å². The van der Waals surface area contributed by atoms with Gasteiger partial charge in [0.25, 0.3) is 0 Å². The van der Waals surface area contributed by atoms with Crippen molar-refractivity contribution < 1.29 is 14.3 Å². The molecule has 0 amide bonds. The van der Waals surface area contributed by atoms with Crippen LogP contribution in [-0.4, -0.2) is 25.4 Å². The third-order valence-corrected chi connectivity index (χ3v) is 5.92. The molecule has 30 heavy (non-hydrogen) atoms. The number of carbonyl (C=O) groups is 2. The number of fused-ring (bicyclic) bond motifs is 1. The number of nitrogens with one attached hydrogen (secondary N) is 1. The molecule has 0 saturated heterocycles. The van der Waals surface area contributed by atoms with Gasteiger partial charge in [0, 0.05) is 17.7 Å². The van der Waals surface area contributed by atoms with Crippen molar-refractivity contribution in [2.24, 2.45) is 5.41 Å². The van der Waals surface area contributed by atoms with E-state index in [0.29, 0.717) is 6.42 Å². The molecule has 2 aromatic carbocycles. The smallest absolute Gasteiger partial charge is 0.325 e. The molecule has 2 aromatic rings. The lowest BCUT2D eigenvalue weighted by Crippen LogP contribution is -2.39. The Bertz CT molecular complexity index is 1020. The Morgan fingerprint density at radius 1 is 1.13 bits per heavy atom. The minimum atomic E-state index is -0.362. The first-order chi connectivity index (χ1) is 14.3. The van der Waals surface area contributed by atoms with Gasteiger partial charge in [0.15, 0.2) is 5.78 Å². The highest BCUT2D eigenvalue weighted by atomic mass is 16.5. The van der Waals surface area contributed by atoms with E-state index in [4.69, 9.17) is 4.74 Å². The van der Waals surface area contributed by atoms with Crippen LogP contribution in [0.1, 0.15) is 43.9 Å². The minimum absolute atomic E-state index is 0.0567. The first-order valence-corrected chi connectivity index (χ1v) is 10.3. The average molecular weight is 405 g/mol. The number of allylic oxidation sites excluding steroid dienone is 1. The number of para-hydroxylation sites is 2. The summed E-state index contributed by atoms with van der Waals surface area (Å²) in [6, 6.07) is 15.7. The van der Waals surface area contributed by atoms with Crippen LogP contribution >= 0.6 is 0 Å². The van der Waals surface area contributed by atoms with E-state index in [9.17, 15) is 9.59 Å². The highest BCUT2D eigenvalue weighted by Gasteiger charge is 2.41. The summed E-state index contributed by atoms with van der Waals surface area (Å²) in [5.74, 6) is -0.212. The number of esters is 1. The zero-order valence-electron chi connectivity index (χ0n) is 18.0. The summed E-state index contributed by atoms with van der Waals surface area (Å²) >= 11 is 0. The fourth-order valence-corrected chi connectivity index (χ4v) is 4.53. The lowest BCUT2D eigenvalue weighted by Gasteiger charge is -2.37. The molecule has 1 atom stereocenters. The van der Waals surface area contributed by atoms with Crippen molar-refractivity contribution in [3.63, 3.8) is 0 Å². The van der Waals surface area contributed by atoms with Gasteiger partial charge < -0.3 is 15.0 Å². The number of hydrogen-bond donors (Lipinski definition) is 1. The minimum Gasteiger partial charge on any atom is -0.468 e. The maximum absolute atomic E-state index is 13.5. The summed E-state index contributed by atoms with van der Waals surface area (Å²) in [7, 11) is 1.39. The fourth-order valence-electron chi connectivity index (χ4n) is 4.53. The number of hydrogen-bond acceptors (Lipinski definition) is 5. The Kier molecular flexibility index (Phi) is 5.14. The molecule has 5 nitrogen and oxygen atoms in total. The van der Waals surface area contributed by atoms with Crippen LogP contribution < -0.4 is 10.2 Å². The molecule has 0 aromatic heterocycles. The van der Waals surface area contributed by atoms with E-state index in [2.05, 4.69) is 31.3 Å². The van der Waals surface area contributed by atoms with Crippen LogP contribution in [-0.2, 0) is 14.3 Å². The fraction of sp³-hybridized carbons (Fsp3) is 0.360. The van der Waals surface area contributed by atoms with Gasteiger partial charge in [-0.05, 0) is 36.5 Å². The maximum Gasteiger partial charge on any atom is 0.325 e. The van der Waals surface area contributed by atoms with E-state index >= 15 is 0 Å². The quantitative estimate of drug-likeness (QED) is 0.746. The number of rotatable bonds is 3. The molecule has 1 heterocycles. The van der Waals surface area contributed by atoms with Crippen molar-refractivity contribution >= 4 is 23.1 Å². The van der Waals surface area contributed by atoms with E-state index in [1.54, 1.807) is 0 Å². The van der Waals surface area contributed by atoms with Gasteiger partial charge in [-0.2, -0.15) is 0 Å². The number of aryl methyl sites for hydroxylation is 1. The van der Waals surface area contributed by atoms with Crippen LogP contribution in [0.5, 0.6) is 0 Å². The molecule has 0 saturated carbocycles. The third-order valence-electron chi connectivity index (χ3n) is 5.92. The summed E-state index contributed by atoms with van der Waals surface area (Å²) in [5, 5.41) is 3.54. The summed E-state index contributed by atoms with van der Waals surface area (Å²) < 4.78 is 5.01.